The molecule has 0 aliphatic heterocycles. The largest absolute Gasteiger partial charge is 4.00 e. The van der Waals surface area contributed by atoms with Crippen LogP contribution in [0.5, 0.6) is 0 Å². The fraction of sp³-hybridized carbons (Fsp3) is 0.214. The van der Waals surface area contributed by atoms with Gasteiger partial charge >= 0.3 is 21.7 Å². The van der Waals surface area contributed by atoms with E-state index in [1.165, 1.54) is 44.5 Å². The van der Waals surface area contributed by atoms with E-state index in [1.54, 1.807) is 0 Å². The van der Waals surface area contributed by atoms with Crippen molar-refractivity contribution in [2.24, 2.45) is 0 Å². The van der Waals surface area contributed by atoms with Crippen LogP contribution in [-0.4, -0.2) is 0 Å². The van der Waals surface area contributed by atoms with Gasteiger partial charge in [0.2, 0.25) is 0 Å². The number of hydrogen-bond acceptors (Lipinski definition) is 0. The fourth-order valence-electron chi connectivity index (χ4n) is 4.50. The Morgan fingerprint density at radius 2 is 1.00 bits per heavy atom. The summed E-state index contributed by atoms with van der Waals surface area (Å²) in [6, 6.07) is 26.9. The van der Waals surface area contributed by atoms with Crippen molar-refractivity contribution in [3.05, 3.63) is 129 Å². The van der Waals surface area contributed by atoms with Gasteiger partial charge in [-0.25, -0.2) is 17.7 Å². The minimum absolute atomic E-state index is 0. The van der Waals surface area contributed by atoms with E-state index in [2.05, 4.69) is 113 Å². The van der Waals surface area contributed by atoms with Crippen LogP contribution in [-0.2, 0) is 27.1 Å². The Morgan fingerprint density at radius 3 is 1.28 bits per heavy atom. The van der Waals surface area contributed by atoms with Crippen molar-refractivity contribution >= 4 is 0 Å². The molecule has 0 amide bonds. The smallest absolute Gasteiger partial charge is 1.00 e. The van der Waals surface area contributed by atoms with E-state index < -0.39 is 0 Å². The molecule has 4 heteroatoms. The molecule has 32 heavy (non-hydrogen) atoms. The molecule has 1 aliphatic rings. The molecule has 164 valence electrons. The summed E-state index contributed by atoms with van der Waals surface area (Å²) in [4.78, 5) is 0. The Balaban J connectivity index is 0.00000240. The molecular weight excluding hydrogens is 491 g/mol. The van der Waals surface area contributed by atoms with E-state index in [9.17, 15) is 0 Å². The molecule has 1 aliphatic carbocycles. The average molecular weight is 518 g/mol. The van der Waals surface area contributed by atoms with Gasteiger partial charge in [0.15, 0.2) is 0 Å². The van der Waals surface area contributed by atoms with Gasteiger partial charge < -0.3 is 37.2 Å². The van der Waals surface area contributed by atoms with Gasteiger partial charge in [-0.05, 0) is 37.5 Å². The number of allylic oxidation sites excluding steroid dienone is 4. The molecular formula is C28H27Cl3Ti. The zero-order valence-electron chi connectivity index (χ0n) is 18.8. The Morgan fingerprint density at radius 1 is 0.625 bits per heavy atom. The van der Waals surface area contributed by atoms with Gasteiger partial charge in [-0.15, -0.1) is 0 Å². The maximum atomic E-state index is 3.73. The molecule has 0 atom stereocenters. The minimum atomic E-state index is -0.335. The van der Waals surface area contributed by atoms with Crippen LogP contribution in [0.25, 0.3) is 0 Å². The predicted octanol–water partition coefficient (Wildman–Crippen LogP) is -1.96. The molecule has 3 aromatic carbocycles. The second-order valence-electron chi connectivity index (χ2n) is 8.05. The Hall–Kier alpha value is -1.28. The van der Waals surface area contributed by atoms with Crippen molar-refractivity contribution in [3.8, 4) is 0 Å². The molecule has 0 heterocycles. The first-order valence-corrected chi connectivity index (χ1v) is 10.0. The maximum Gasteiger partial charge on any atom is 4.00 e. The number of hydrogen-bond donors (Lipinski definition) is 0. The van der Waals surface area contributed by atoms with E-state index in [0.29, 0.717) is 0 Å². The summed E-state index contributed by atoms with van der Waals surface area (Å²) in [7, 11) is 0. The summed E-state index contributed by atoms with van der Waals surface area (Å²) in [6.07, 6.45) is 6.96. The molecule has 0 bridgehead atoms. The van der Waals surface area contributed by atoms with Crippen molar-refractivity contribution in [2.75, 3.05) is 0 Å². The number of rotatable bonds is 4. The summed E-state index contributed by atoms with van der Waals surface area (Å²) in [6.45, 7) is 8.69. The van der Waals surface area contributed by atoms with Crippen molar-refractivity contribution in [2.45, 2.75) is 39.5 Å². The van der Waals surface area contributed by atoms with Crippen LogP contribution in [0.15, 0.2) is 90.0 Å². The van der Waals surface area contributed by atoms with Gasteiger partial charge in [0.1, 0.15) is 0 Å². The summed E-state index contributed by atoms with van der Waals surface area (Å²) in [5.41, 5.74) is 10.0. The zero-order chi connectivity index (χ0) is 19.7. The predicted molar refractivity (Wildman–Crippen MR) is 119 cm³/mol. The standard InChI is InChI=1S/C28H27.3ClH.Ti/c1-20-8-5-11-24(16-20)28(27-15-14-23(4)19-27,25-12-6-9-21(2)17-25)26-13-7-10-22(3)18-26;;;;/h5-14,16-18H,15H2,1-4H3;3*1H;/q-1;;;;+4/p-3. The quantitative estimate of drug-likeness (QED) is 0.214. The third kappa shape index (κ3) is 5.80. The van der Waals surface area contributed by atoms with Crippen LogP contribution < -0.4 is 37.2 Å². The van der Waals surface area contributed by atoms with Gasteiger partial charge in [-0.3, -0.25) is 0 Å². The molecule has 0 spiro atoms. The van der Waals surface area contributed by atoms with E-state index in [1.807, 2.05) is 0 Å². The first-order chi connectivity index (χ1) is 13.5. The molecule has 0 saturated heterocycles. The number of aryl methyl sites for hydroxylation is 3. The van der Waals surface area contributed by atoms with Crippen LogP contribution in [0, 0.1) is 26.8 Å². The average Bonchev–Trinajstić information content (AvgIpc) is 3.09. The number of halogens is 3. The fourth-order valence-corrected chi connectivity index (χ4v) is 4.50. The van der Waals surface area contributed by atoms with Gasteiger partial charge in [0.25, 0.3) is 0 Å². The zero-order valence-corrected chi connectivity index (χ0v) is 22.7. The molecule has 0 unspecified atom stereocenters. The third-order valence-electron chi connectivity index (χ3n) is 5.77. The first-order valence-electron chi connectivity index (χ1n) is 10.0. The van der Waals surface area contributed by atoms with Gasteiger partial charge in [0.05, 0.1) is 0 Å². The van der Waals surface area contributed by atoms with Crippen LogP contribution >= 0.6 is 0 Å². The summed E-state index contributed by atoms with van der Waals surface area (Å²) < 4.78 is 0. The third-order valence-corrected chi connectivity index (χ3v) is 5.77. The van der Waals surface area contributed by atoms with E-state index in [-0.39, 0.29) is 64.4 Å². The molecule has 0 N–H and O–H groups in total. The molecule has 0 nitrogen and oxygen atoms in total. The monoisotopic (exact) mass is 516 g/mol. The first kappa shape index (κ1) is 30.7. The SMILES string of the molecule is CC1=CCC(C(c2cccc(C)c2)(c2cccc(C)c2)c2cccc(C)c2)=[C-]1.[Cl-].[Cl-].[Cl-].[Ti+4]. The van der Waals surface area contributed by atoms with Crippen LogP contribution in [0.3, 0.4) is 0 Å². The molecule has 4 rings (SSSR count). The van der Waals surface area contributed by atoms with Crippen LogP contribution in [0.2, 0.25) is 0 Å². The molecule has 0 saturated carbocycles. The number of benzene rings is 3. The summed E-state index contributed by atoms with van der Waals surface area (Å²) >= 11 is 0. The van der Waals surface area contributed by atoms with Gasteiger partial charge in [-0.2, -0.15) is 5.57 Å². The topological polar surface area (TPSA) is 0 Å². The van der Waals surface area contributed by atoms with Crippen molar-refractivity contribution in [1.29, 1.82) is 0 Å². The second-order valence-corrected chi connectivity index (χ2v) is 8.05. The molecule has 0 fully saturated rings. The van der Waals surface area contributed by atoms with Crippen molar-refractivity contribution in [1.82, 2.24) is 0 Å². The van der Waals surface area contributed by atoms with Crippen LogP contribution in [0.1, 0.15) is 46.7 Å². The molecule has 0 aromatic heterocycles. The Labute approximate surface area is 226 Å². The van der Waals surface area contributed by atoms with Crippen molar-refractivity contribution < 1.29 is 58.9 Å². The van der Waals surface area contributed by atoms with Gasteiger partial charge in [-0.1, -0.05) is 103 Å². The summed E-state index contributed by atoms with van der Waals surface area (Å²) in [5.74, 6) is 0. The Kier molecular flexibility index (Phi) is 12.3. The van der Waals surface area contributed by atoms with Crippen LogP contribution in [0.4, 0.5) is 0 Å². The normalized spacial score (nSPS) is 12.2. The second kappa shape index (κ2) is 12.8. The van der Waals surface area contributed by atoms with E-state index in [4.69, 9.17) is 0 Å². The molecule has 3 aromatic rings. The van der Waals surface area contributed by atoms with E-state index in [0.717, 1.165) is 6.42 Å². The van der Waals surface area contributed by atoms with Gasteiger partial charge in [0, 0.05) is 5.41 Å². The van der Waals surface area contributed by atoms with E-state index >= 15 is 0 Å². The van der Waals surface area contributed by atoms with Crippen molar-refractivity contribution in [3.63, 3.8) is 0 Å². The maximum absolute atomic E-state index is 3.73. The Bertz CT molecular complexity index is 988. The minimum Gasteiger partial charge on any atom is -1.00 e. The molecule has 0 radical (unpaired) electrons. The summed E-state index contributed by atoms with van der Waals surface area (Å²) in [5, 5.41) is 0.